The van der Waals surface area contributed by atoms with E-state index in [0.29, 0.717) is 5.56 Å². The minimum Gasteiger partial charge on any atom is -0.478 e. The maximum absolute atomic E-state index is 13.2. The van der Waals surface area contributed by atoms with Crippen molar-refractivity contribution in [2.45, 2.75) is 6.92 Å². The van der Waals surface area contributed by atoms with E-state index in [2.05, 4.69) is 5.32 Å². The van der Waals surface area contributed by atoms with Gasteiger partial charge in [-0.05, 0) is 48.9 Å². The van der Waals surface area contributed by atoms with Gasteiger partial charge < -0.3 is 10.4 Å². The van der Waals surface area contributed by atoms with E-state index in [-0.39, 0.29) is 11.3 Å². The molecule has 2 rings (SSSR count). The van der Waals surface area contributed by atoms with Gasteiger partial charge in [0.05, 0.1) is 5.56 Å². The Labute approximate surface area is 119 Å². The van der Waals surface area contributed by atoms with Crippen molar-refractivity contribution < 1.29 is 23.5 Å². The van der Waals surface area contributed by atoms with Crippen LogP contribution in [0.3, 0.4) is 0 Å². The summed E-state index contributed by atoms with van der Waals surface area (Å²) in [6.45, 7) is 1.64. The third kappa shape index (κ3) is 3.42. The standard InChI is InChI=1S/C15H11F2NO3/c1-8-4-9(6-10(16)5-8)14(19)18-11-2-3-13(17)12(7-11)15(20)21/h2-7H,1H3,(H,18,19)(H,20,21). The molecule has 6 heteroatoms. The lowest BCUT2D eigenvalue weighted by molar-refractivity contribution is 0.0691. The Kier molecular flexibility index (Phi) is 3.98. The molecule has 2 aromatic carbocycles. The van der Waals surface area contributed by atoms with Crippen LogP contribution in [0, 0.1) is 18.6 Å². The minimum atomic E-state index is -1.44. The minimum absolute atomic E-state index is 0.0914. The molecule has 0 saturated carbocycles. The summed E-state index contributed by atoms with van der Waals surface area (Å²) in [7, 11) is 0. The molecule has 0 atom stereocenters. The van der Waals surface area contributed by atoms with Crippen LogP contribution in [-0.4, -0.2) is 17.0 Å². The second-order valence-electron chi connectivity index (χ2n) is 4.47. The number of carboxylic acids is 1. The summed E-state index contributed by atoms with van der Waals surface area (Å²) in [6.07, 6.45) is 0. The Balaban J connectivity index is 2.27. The number of halogens is 2. The molecular formula is C15H11F2NO3. The van der Waals surface area contributed by atoms with E-state index < -0.39 is 29.1 Å². The highest BCUT2D eigenvalue weighted by molar-refractivity contribution is 6.04. The van der Waals surface area contributed by atoms with Gasteiger partial charge >= 0.3 is 5.97 Å². The number of hydrogen-bond acceptors (Lipinski definition) is 2. The van der Waals surface area contributed by atoms with Gasteiger partial charge in [0.2, 0.25) is 0 Å². The fourth-order valence-electron chi connectivity index (χ4n) is 1.84. The molecule has 0 aliphatic carbocycles. The Hall–Kier alpha value is -2.76. The summed E-state index contributed by atoms with van der Waals surface area (Å²) >= 11 is 0. The SMILES string of the molecule is Cc1cc(F)cc(C(=O)Nc2ccc(F)c(C(=O)O)c2)c1. The van der Waals surface area contributed by atoms with Crippen LogP contribution in [0.2, 0.25) is 0 Å². The Morgan fingerprint density at radius 1 is 1.10 bits per heavy atom. The van der Waals surface area contributed by atoms with Crippen molar-refractivity contribution >= 4 is 17.6 Å². The molecule has 0 fully saturated rings. The van der Waals surface area contributed by atoms with Crippen LogP contribution in [0.15, 0.2) is 36.4 Å². The van der Waals surface area contributed by atoms with Crippen LogP contribution in [0.4, 0.5) is 14.5 Å². The van der Waals surface area contributed by atoms with E-state index in [9.17, 15) is 18.4 Å². The summed E-state index contributed by atoms with van der Waals surface area (Å²) < 4.78 is 26.5. The summed E-state index contributed by atoms with van der Waals surface area (Å²) in [5.41, 5.74) is 0.225. The van der Waals surface area contributed by atoms with Crippen LogP contribution in [-0.2, 0) is 0 Å². The predicted octanol–water partition coefficient (Wildman–Crippen LogP) is 3.22. The van der Waals surface area contributed by atoms with E-state index in [1.54, 1.807) is 6.92 Å². The molecular weight excluding hydrogens is 280 g/mol. The molecule has 1 amide bonds. The second kappa shape index (κ2) is 5.70. The number of carbonyl (C=O) groups excluding carboxylic acids is 1. The number of rotatable bonds is 3. The molecule has 2 N–H and O–H groups in total. The largest absolute Gasteiger partial charge is 0.478 e. The fraction of sp³-hybridized carbons (Fsp3) is 0.0667. The zero-order valence-corrected chi connectivity index (χ0v) is 11.0. The molecule has 0 radical (unpaired) electrons. The first kappa shape index (κ1) is 14.6. The smallest absolute Gasteiger partial charge is 0.338 e. The normalized spacial score (nSPS) is 10.2. The van der Waals surface area contributed by atoms with Crippen LogP contribution >= 0.6 is 0 Å². The van der Waals surface area contributed by atoms with Gasteiger partial charge in [-0.15, -0.1) is 0 Å². The van der Waals surface area contributed by atoms with Crippen molar-refractivity contribution in [3.8, 4) is 0 Å². The second-order valence-corrected chi connectivity index (χ2v) is 4.47. The molecule has 0 aromatic heterocycles. The first-order chi connectivity index (χ1) is 9.86. The summed E-state index contributed by atoms with van der Waals surface area (Å²) in [5, 5.41) is 11.2. The topological polar surface area (TPSA) is 66.4 Å². The third-order valence-corrected chi connectivity index (χ3v) is 2.76. The molecule has 0 heterocycles. The number of carboxylic acid groups (broad SMARTS) is 1. The lowest BCUT2D eigenvalue weighted by Crippen LogP contribution is -2.13. The maximum Gasteiger partial charge on any atom is 0.338 e. The van der Waals surface area contributed by atoms with Gasteiger partial charge in [0.15, 0.2) is 0 Å². The zero-order chi connectivity index (χ0) is 15.6. The van der Waals surface area contributed by atoms with Gasteiger partial charge in [-0.2, -0.15) is 0 Å². The van der Waals surface area contributed by atoms with Gasteiger partial charge in [-0.3, -0.25) is 4.79 Å². The first-order valence-electron chi connectivity index (χ1n) is 5.98. The molecule has 0 aliphatic rings. The van der Waals surface area contributed by atoms with E-state index >= 15 is 0 Å². The number of benzene rings is 2. The highest BCUT2D eigenvalue weighted by atomic mass is 19.1. The van der Waals surface area contributed by atoms with Crippen molar-refractivity contribution in [3.05, 3.63) is 64.7 Å². The first-order valence-corrected chi connectivity index (χ1v) is 5.98. The van der Waals surface area contributed by atoms with E-state index in [1.165, 1.54) is 18.2 Å². The number of aromatic carboxylic acids is 1. The maximum atomic E-state index is 13.2. The highest BCUT2D eigenvalue weighted by Gasteiger charge is 2.13. The molecule has 0 unspecified atom stereocenters. The van der Waals surface area contributed by atoms with Crippen molar-refractivity contribution in [2.24, 2.45) is 0 Å². The molecule has 108 valence electrons. The number of anilines is 1. The Morgan fingerprint density at radius 2 is 1.81 bits per heavy atom. The fourth-order valence-corrected chi connectivity index (χ4v) is 1.84. The van der Waals surface area contributed by atoms with Crippen molar-refractivity contribution in [3.63, 3.8) is 0 Å². The highest BCUT2D eigenvalue weighted by Crippen LogP contribution is 2.16. The molecule has 0 bridgehead atoms. The van der Waals surface area contributed by atoms with Gasteiger partial charge in [0.1, 0.15) is 11.6 Å². The number of nitrogens with one attached hydrogen (secondary N) is 1. The van der Waals surface area contributed by atoms with Gasteiger partial charge in [-0.25, -0.2) is 13.6 Å². The Morgan fingerprint density at radius 3 is 2.43 bits per heavy atom. The molecule has 4 nitrogen and oxygen atoms in total. The number of carbonyl (C=O) groups is 2. The summed E-state index contributed by atoms with van der Waals surface area (Å²) in [6, 6.07) is 6.99. The monoisotopic (exact) mass is 291 g/mol. The lowest BCUT2D eigenvalue weighted by atomic mass is 10.1. The molecule has 0 saturated heterocycles. The van der Waals surface area contributed by atoms with Crippen LogP contribution in [0.5, 0.6) is 0 Å². The summed E-state index contributed by atoms with van der Waals surface area (Å²) in [4.78, 5) is 22.8. The summed E-state index contributed by atoms with van der Waals surface area (Å²) in [5.74, 6) is -3.50. The van der Waals surface area contributed by atoms with Crippen LogP contribution in [0.1, 0.15) is 26.3 Å². The van der Waals surface area contributed by atoms with Gasteiger partial charge in [0.25, 0.3) is 5.91 Å². The predicted molar refractivity (Wildman–Crippen MR) is 72.4 cm³/mol. The van der Waals surface area contributed by atoms with E-state index in [4.69, 9.17) is 5.11 Å². The van der Waals surface area contributed by atoms with Gasteiger partial charge in [-0.1, -0.05) is 0 Å². The average molecular weight is 291 g/mol. The van der Waals surface area contributed by atoms with Crippen molar-refractivity contribution in [1.29, 1.82) is 0 Å². The van der Waals surface area contributed by atoms with Crippen LogP contribution in [0.25, 0.3) is 0 Å². The zero-order valence-electron chi connectivity index (χ0n) is 11.0. The number of hydrogen-bond donors (Lipinski definition) is 2. The molecule has 2 aromatic rings. The van der Waals surface area contributed by atoms with E-state index in [1.807, 2.05) is 0 Å². The lowest BCUT2D eigenvalue weighted by Gasteiger charge is -2.07. The third-order valence-electron chi connectivity index (χ3n) is 2.76. The number of amides is 1. The molecule has 0 spiro atoms. The van der Waals surface area contributed by atoms with Gasteiger partial charge in [0, 0.05) is 11.3 Å². The molecule has 0 aliphatic heterocycles. The average Bonchev–Trinajstić information content (AvgIpc) is 2.39. The van der Waals surface area contributed by atoms with E-state index in [0.717, 1.165) is 18.2 Å². The number of aryl methyl sites for hydroxylation is 1. The molecule has 21 heavy (non-hydrogen) atoms. The van der Waals surface area contributed by atoms with Crippen molar-refractivity contribution in [2.75, 3.05) is 5.32 Å². The van der Waals surface area contributed by atoms with Crippen molar-refractivity contribution in [1.82, 2.24) is 0 Å². The quantitative estimate of drug-likeness (QED) is 0.912. The Bertz CT molecular complexity index is 709. The van der Waals surface area contributed by atoms with Crippen LogP contribution < -0.4 is 5.32 Å².